The lowest BCUT2D eigenvalue weighted by atomic mass is 10.0. The summed E-state index contributed by atoms with van der Waals surface area (Å²) in [6, 6.07) is 2.89. The van der Waals surface area contributed by atoms with Crippen molar-refractivity contribution in [2.24, 2.45) is 11.7 Å². The zero-order valence-electron chi connectivity index (χ0n) is 7.99. The fraction of sp³-hybridized carbons (Fsp3) is 0.500. The van der Waals surface area contributed by atoms with Crippen molar-refractivity contribution in [3.05, 3.63) is 24.2 Å². The average molecular weight is 181 g/mol. The van der Waals surface area contributed by atoms with E-state index in [9.17, 15) is 4.79 Å². The third kappa shape index (κ3) is 2.70. The minimum Gasteiger partial charge on any atom is -0.461 e. The summed E-state index contributed by atoms with van der Waals surface area (Å²) in [4.78, 5) is 11.5. The normalized spacial score (nSPS) is 13.2. The average Bonchev–Trinajstić information content (AvgIpc) is 2.53. The van der Waals surface area contributed by atoms with Crippen molar-refractivity contribution in [2.75, 3.05) is 0 Å². The van der Waals surface area contributed by atoms with Crippen LogP contribution in [0.2, 0.25) is 0 Å². The number of nitrogens with two attached hydrogens (primary N) is 1. The zero-order valence-corrected chi connectivity index (χ0v) is 7.99. The number of rotatable bonds is 4. The number of carbonyl (C=O) groups is 1. The van der Waals surface area contributed by atoms with E-state index < -0.39 is 6.04 Å². The van der Waals surface area contributed by atoms with Crippen LogP contribution in [-0.4, -0.2) is 11.8 Å². The van der Waals surface area contributed by atoms with E-state index in [4.69, 9.17) is 10.2 Å². The molecule has 1 rings (SSSR count). The van der Waals surface area contributed by atoms with E-state index in [1.807, 2.05) is 13.8 Å². The van der Waals surface area contributed by atoms with Gasteiger partial charge in [0.1, 0.15) is 0 Å². The summed E-state index contributed by atoms with van der Waals surface area (Å²) < 4.78 is 4.97. The number of carbonyl (C=O) groups excluding carboxylic acids is 1. The summed E-state index contributed by atoms with van der Waals surface area (Å²) >= 11 is 0. The molecule has 0 aromatic carbocycles. The summed E-state index contributed by atoms with van der Waals surface area (Å²) in [6.07, 6.45) is 2.18. The van der Waals surface area contributed by atoms with E-state index >= 15 is 0 Å². The van der Waals surface area contributed by atoms with Crippen LogP contribution in [0, 0.1) is 5.92 Å². The Labute approximate surface area is 77.9 Å². The van der Waals surface area contributed by atoms with Gasteiger partial charge < -0.3 is 10.2 Å². The highest BCUT2D eigenvalue weighted by Gasteiger charge is 2.18. The monoisotopic (exact) mass is 181 g/mol. The van der Waals surface area contributed by atoms with Gasteiger partial charge in [-0.2, -0.15) is 0 Å². The number of hydrogen-bond donors (Lipinski definition) is 1. The first-order valence-electron chi connectivity index (χ1n) is 4.44. The van der Waals surface area contributed by atoms with Gasteiger partial charge in [0.25, 0.3) is 0 Å². The second-order valence-corrected chi connectivity index (χ2v) is 3.58. The second kappa shape index (κ2) is 4.23. The smallest absolute Gasteiger partial charge is 0.214 e. The molecule has 1 unspecified atom stereocenters. The third-order valence-corrected chi connectivity index (χ3v) is 1.83. The maximum Gasteiger partial charge on any atom is 0.214 e. The van der Waals surface area contributed by atoms with E-state index in [0.717, 1.165) is 0 Å². The highest BCUT2D eigenvalue weighted by atomic mass is 16.3. The molecule has 0 amide bonds. The van der Waals surface area contributed by atoms with Crippen molar-refractivity contribution < 1.29 is 9.21 Å². The van der Waals surface area contributed by atoms with Crippen LogP contribution >= 0.6 is 0 Å². The van der Waals surface area contributed by atoms with Crippen molar-refractivity contribution in [1.29, 1.82) is 0 Å². The van der Waals surface area contributed by atoms with Crippen LogP contribution in [0.4, 0.5) is 0 Å². The molecule has 1 atom stereocenters. The zero-order chi connectivity index (χ0) is 9.84. The van der Waals surface area contributed by atoms with Crippen molar-refractivity contribution in [3.63, 3.8) is 0 Å². The maximum absolute atomic E-state index is 11.5. The predicted molar refractivity (Wildman–Crippen MR) is 50.5 cm³/mol. The quantitative estimate of drug-likeness (QED) is 0.721. The molecule has 0 aliphatic carbocycles. The van der Waals surface area contributed by atoms with Gasteiger partial charge >= 0.3 is 0 Å². The SMILES string of the molecule is CC(C)CC(N)C(=O)c1ccco1. The van der Waals surface area contributed by atoms with Crippen LogP contribution < -0.4 is 5.73 Å². The van der Waals surface area contributed by atoms with E-state index in [-0.39, 0.29) is 5.78 Å². The minimum absolute atomic E-state index is 0.112. The van der Waals surface area contributed by atoms with E-state index in [2.05, 4.69) is 0 Å². The first-order valence-corrected chi connectivity index (χ1v) is 4.44. The molecule has 3 nitrogen and oxygen atoms in total. The van der Waals surface area contributed by atoms with E-state index in [1.54, 1.807) is 12.1 Å². The van der Waals surface area contributed by atoms with Gasteiger partial charge in [0, 0.05) is 0 Å². The van der Waals surface area contributed by atoms with Crippen molar-refractivity contribution in [1.82, 2.24) is 0 Å². The van der Waals surface area contributed by atoms with Gasteiger partial charge in [-0.25, -0.2) is 0 Å². The molecule has 0 aliphatic rings. The van der Waals surface area contributed by atoms with Crippen molar-refractivity contribution >= 4 is 5.78 Å². The summed E-state index contributed by atoms with van der Waals surface area (Å²) in [7, 11) is 0. The Bertz CT molecular complexity index is 264. The molecule has 0 radical (unpaired) electrons. The van der Waals surface area contributed by atoms with Crippen LogP contribution in [0.1, 0.15) is 30.8 Å². The summed E-state index contributed by atoms with van der Waals surface area (Å²) in [5.74, 6) is 0.667. The second-order valence-electron chi connectivity index (χ2n) is 3.58. The molecular formula is C10H15NO2. The molecular weight excluding hydrogens is 166 g/mol. The highest BCUT2D eigenvalue weighted by molar-refractivity contribution is 5.97. The topological polar surface area (TPSA) is 56.2 Å². The van der Waals surface area contributed by atoms with Crippen molar-refractivity contribution in [3.8, 4) is 0 Å². The first-order chi connectivity index (χ1) is 6.11. The largest absolute Gasteiger partial charge is 0.461 e. The third-order valence-electron chi connectivity index (χ3n) is 1.83. The molecule has 0 bridgehead atoms. The fourth-order valence-electron chi connectivity index (χ4n) is 1.22. The summed E-state index contributed by atoms with van der Waals surface area (Å²) in [5.41, 5.74) is 5.70. The molecule has 0 saturated heterocycles. The molecule has 72 valence electrons. The fourth-order valence-corrected chi connectivity index (χ4v) is 1.22. The predicted octanol–water partition coefficient (Wildman–Crippen LogP) is 1.84. The number of ketones is 1. The molecule has 1 aromatic heterocycles. The van der Waals surface area contributed by atoms with Gasteiger partial charge in [-0.1, -0.05) is 13.8 Å². The lowest BCUT2D eigenvalue weighted by Crippen LogP contribution is -2.31. The van der Waals surface area contributed by atoms with Crippen LogP contribution in [0.15, 0.2) is 22.8 Å². The molecule has 0 saturated carbocycles. The Balaban J connectivity index is 2.58. The summed E-state index contributed by atoms with van der Waals surface area (Å²) in [5, 5.41) is 0. The maximum atomic E-state index is 11.5. The van der Waals surface area contributed by atoms with E-state index in [1.165, 1.54) is 6.26 Å². The lowest BCUT2D eigenvalue weighted by Gasteiger charge is -2.10. The molecule has 1 heterocycles. The highest BCUT2D eigenvalue weighted by Crippen LogP contribution is 2.09. The number of hydrogen-bond acceptors (Lipinski definition) is 3. The van der Waals surface area contributed by atoms with Gasteiger partial charge in [0.15, 0.2) is 5.76 Å². The van der Waals surface area contributed by atoms with Gasteiger partial charge in [-0.15, -0.1) is 0 Å². The minimum atomic E-state index is -0.439. The lowest BCUT2D eigenvalue weighted by molar-refractivity contribution is 0.0923. The molecule has 13 heavy (non-hydrogen) atoms. The molecule has 1 aromatic rings. The Morgan fingerprint density at radius 1 is 1.62 bits per heavy atom. The first kappa shape index (κ1) is 9.99. The van der Waals surface area contributed by atoms with Gasteiger partial charge in [0.05, 0.1) is 12.3 Å². The molecule has 3 heteroatoms. The van der Waals surface area contributed by atoms with Gasteiger partial charge in [-0.3, -0.25) is 4.79 Å². The molecule has 0 aliphatic heterocycles. The van der Waals surface area contributed by atoms with Crippen LogP contribution in [0.25, 0.3) is 0 Å². The summed E-state index contributed by atoms with van der Waals surface area (Å²) in [6.45, 7) is 4.07. The number of furan rings is 1. The van der Waals surface area contributed by atoms with Gasteiger partial charge in [-0.05, 0) is 24.5 Å². The molecule has 0 fully saturated rings. The molecule has 0 spiro atoms. The molecule has 2 N–H and O–H groups in total. The van der Waals surface area contributed by atoms with E-state index in [0.29, 0.717) is 18.1 Å². The van der Waals surface area contributed by atoms with Crippen LogP contribution in [-0.2, 0) is 0 Å². The Kier molecular flexibility index (Phi) is 3.25. The van der Waals surface area contributed by atoms with Crippen molar-refractivity contribution in [2.45, 2.75) is 26.3 Å². The standard InChI is InChI=1S/C10H15NO2/c1-7(2)6-8(11)10(12)9-4-3-5-13-9/h3-5,7-8H,6,11H2,1-2H3. The Morgan fingerprint density at radius 2 is 2.31 bits per heavy atom. The van der Waals surface area contributed by atoms with Crippen LogP contribution in [0.3, 0.4) is 0 Å². The van der Waals surface area contributed by atoms with Gasteiger partial charge in [0.2, 0.25) is 5.78 Å². The number of Topliss-reactive ketones (excluding diaryl/α,β-unsaturated/α-hetero) is 1. The Morgan fingerprint density at radius 3 is 2.77 bits per heavy atom. The van der Waals surface area contributed by atoms with Crippen LogP contribution in [0.5, 0.6) is 0 Å². The Hall–Kier alpha value is -1.09.